The number of urea groups is 1. The van der Waals surface area contributed by atoms with E-state index in [9.17, 15) is 22.5 Å². The number of rotatable bonds is 10. The van der Waals surface area contributed by atoms with E-state index in [1.165, 1.54) is 17.5 Å². The Kier molecular flexibility index (Phi) is 10.3. The highest BCUT2D eigenvalue weighted by molar-refractivity contribution is 7.95. The summed E-state index contributed by atoms with van der Waals surface area (Å²) in [7, 11) is 0. The number of benzene rings is 2. The van der Waals surface area contributed by atoms with Crippen LogP contribution in [0.25, 0.3) is 0 Å². The molecule has 2 aromatic carbocycles. The van der Waals surface area contributed by atoms with Gasteiger partial charge in [-0.3, -0.25) is 0 Å². The summed E-state index contributed by atoms with van der Waals surface area (Å²) in [4.78, 5) is 17.6. The molecule has 1 unspecified atom stereocenters. The summed E-state index contributed by atoms with van der Waals surface area (Å²) in [6, 6.07) is 11.8. The highest BCUT2D eigenvalue weighted by Crippen LogP contribution is 2.31. The molecule has 2 aromatic rings. The molecule has 0 bridgehead atoms. The second-order valence-corrected chi connectivity index (χ2v) is 10.4. The maximum Gasteiger partial charge on any atom is 0.416 e. The van der Waals surface area contributed by atoms with E-state index in [-0.39, 0.29) is 18.3 Å². The number of anilines is 2. The number of hydrogen-bond acceptors (Lipinski definition) is 4. The summed E-state index contributed by atoms with van der Waals surface area (Å²) in [6.45, 7) is 9.84. The van der Waals surface area contributed by atoms with Crippen LogP contribution in [0.4, 0.5) is 29.3 Å². The van der Waals surface area contributed by atoms with E-state index >= 15 is 0 Å². The van der Waals surface area contributed by atoms with E-state index in [1.807, 2.05) is 12.1 Å². The highest BCUT2D eigenvalue weighted by Gasteiger charge is 2.32. The predicted molar refractivity (Wildman–Crippen MR) is 143 cm³/mol. The van der Waals surface area contributed by atoms with Crippen LogP contribution in [0, 0.1) is 0 Å². The van der Waals surface area contributed by atoms with E-state index < -0.39 is 29.1 Å². The molecular weight excluding hydrogens is 501 g/mol. The van der Waals surface area contributed by atoms with Crippen molar-refractivity contribution in [2.45, 2.75) is 64.3 Å². The molecule has 0 aliphatic carbocycles. The van der Waals surface area contributed by atoms with E-state index in [2.05, 4.69) is 35.4 Å². The monoisotopic (exact) mass is 536 g/mol. The van der Waals surface area contributed by atoms with Crippen LogP contribution >= 0.6 is 0 Å². The topological polar surface area (TPSA) is 70.7 Å². The first kappa shape index (κ1) is 28.9. The molecule has 1 saturated heterocycles. The molecule has 2 N–H and O–H groups in total. The highest BCUT2D eigenvalue weighted by atomic mass is 32.2. The van der Waals surface area contributed by atoms with Crippen LogP contribution in [0.1, 0.15) is 50.7 Å². The maximum atomic E-state index is 13.4. The van der Waals surface area contributed by atoms with Crippen molar-refractivity contribution in [1.82, 2.24) is 9.80 Å². The molecule has 1 fully saturated rings. The van der Waals surface area contributed by atoms with Gasteiger partial charge in [0, 0.05) is 37.4 Å². The first-order valence-electron chi connectivity index (χ1n) is 12.5. The Morgan fingerprint density at radius 3 is 2.54 bits per heavy atom. The molecule has 10 heteroatoms. The average molecular weight is 537 g/mol. The molecule has 202 valence electrons. The van der Waals surface area contributed by atoms with Crippen molar-refractivity contribution >= 4 is 28.8 Å². The summed E-state index contributed by atoms with van der Waals surface area (Å²) < 4.78 is 54.2. The number of nitrogens with one attached hydrogen (secondary N) is 2. The zero-order chi connectivity index (χ0) is 27.0. The molecule has 6 nitrogen and oxygen atoms in total. The van der Waals surface area contributed by atoms with E-state index in [0.29, 0.717) is 11.7 Å². The largest absolute Gasteiger partial charge is 0.588 e. The Morgan fingerprint density at radius 2 is 1.89 bits per heavy atom. The van der Waals surface area contributed by atoms with Gasteiger partial charge in [-0.25, -0.2) is 9.52 Å². The fourth-order valence-electron chi connectivity index (χ4n) is 4.66. The molecule has 2 atom stereocenters. The standard InChI is InChI=1S/C27H35F3N4O2S/c1-4-8-20(3)33-15-13-25(14-16-33)34(19-21-9-6-12-24(17-21)32-37(36)5-2)26(35)31-23-11-7-10-22(18-23)27(28,29)30/h5-7,9-12,17-18,20,25,32H,2,4,8,13-16,19H2,1,3H3,(H,31,35)/t20?,37-/m0/s1. The van der Waals surface area contributed by atoms with Gasteiger partial charge in [0.15, 0.2) is 0 Å². The van der Waals surface area contributed by atoms with Gasteiger partial charge in [-0.05, 0) is 68.7 Å². The van der Waals surface area contributed by atoms with Gasteiger partial charge in [0.1, 0.15) is 5.41 Å². The Hall–Kier alpha value is -2.69. The van der Waals surface area contributed by atoms with Gasteiger partial charge in [-0.1, -0.05) is 31.5 Å². The Bertz CT molecular complexity index is 1040. The quantitative estimate of drug-likeness (QED) is 0.335. The van der Waals surface area contributed by atoms with Crippen LogP contribution in [-0.2, 0) is 24.1 Å². The van der Waals surface area contributed by atoms with Crippen LogP contribution in [0.15, 0.2) is 60.5 Å². The number of carbonyl (C=O) groups excluding carboxylic acids is 1. The molecule has 0 radical (unpaired) electrons. The lowest BCUT2D eigenvalue weighted by Gasteiger charge is -2.40. The van der Waals surface area contributed by atoms with Crippen LogP contribution in [0.5, 0.6) is 0 Å². The third kappa shape index (κ3) is 8.41. The van der Waals surface area contributed by atoms with Gasteiger partial charge in [0.2, 0.25) is 0 Å². The van der Waals surface area contributed by atoms with Gasteiger partial charge >= 0.3 is 12.2 Å². The summed E-state index contributed by atoms with van der Waals surface area (Å²) >= 11 is -1.44. The zero-order valence-electron chi connectivity index (χ0n) is 21.3. The number of carbonyl (C=O) groups is 1. The van der Waals surface area contributed by atoms with Crippen LogP contribution < -0.4 is 10.0 Å². The molecular formula is C27H35F3N4O2S. The SMILES string of the molecule is C=C[S@+]([O-])Nc1cccc(CN(C(=O)Nc2cccc(C(F)(F)F)c2)C2CCN(C(C)CCC)CC2)c1. The molecule has 0 aromatic heterocycles. The Morgan fingerprint density at radius 1 is 1.22 bits per heavy atom. The molecule has 0 saturated carbocycles. The fourth-order valence-corrected chi connectivity index (χ4v) is 5.10. The third-order valence-corrected chi connectivity index (χ3v) is 7.36. The van der Waals surface area contributed by atoms with Crippen LogP contribution in [0.2, 0.25) is 0 Å². The van der Waals surface area contributed by atoms with Crippen molar-refractivity contribution in [3.63, 3.8) is 0 Å². The lowest BCUT2D eigenvalue weighted by Crippen LogP contribution is -2.50. The van der Waals surface area contributed by atoms with Crippen molar-refractivity contribution in [3.05, 3.63) is 71.6 Å². The molecule has 1 aliphatic rings. The van der Waals surface area contributed by atoms with Gasteiger partial charge in [0.25, 0.3) is 0 Å². The predicted octanol–water partition coefficient (Wildman–Crippen LogP) is 6.61. The smallest absolute Gasteiger partial charge is 0.416 e. The van der Waals surface area contributed by atoms with Crippen molar-refractivity contribution in [2.24, 2.45) is 0 Å². The second-order valence-electron chi connectivity index (χ2n) is 9.31. The van der Waals surface area contributed by atoms with E-state index in [1.54, 1.807) is 17.0 Å². The minimum atomic E-state index is -4.50. The number of amides is 2. The molecule has 3 rings (SSSR count). The maximum absolute atomic E-state index is 13.4. The molecule has 0 spiro atoms. The van der Waals surface area contributed by atoms with E-state index in [4.69, 9.17) is 0 Å². The van der Waals surface area contributed by atoms with Crippen molar-refractivity contribution in [2.75, 3.05) is 23.1 Å². The number of alkyl halides is 3. The van der Waals surface area contributed by atoms with Gasteiger partial charge in [-0.2, -0.15) is 13.2 Å². The van der Waals surface area contributed by atoms with E-state index in [0.717, 1.165) is 56.5 Å². The first-order chi connectivity index (χ1) is 17.6. The van der Waals surface area contributed by atoms with Crippen molar-refractivity contribution in [3.8, 4) is 0 Å². The van der Waals surface area contributed by atoms with Crippen molar-refractivity contribution in [1.29, 1.82) is 0 Å². The summed E-state index contributed by atoms with van der Waals surface area (Å²) in [5, 5.41) is 3.96. The number of nitrogens with zero attached hydrogens (tertiary/aromatic N) is 2. The second kappa shape index (κ2) is 13.2. The molecule has 1 heterocycles. The summed E-state index contributed by atoms with van der Waals surface area (Å²) in [5.74, 6) is 0. The van der Waals surface area contributed by atoms with Crippen molar-refractivity contribution < 1.29 is 22.5 Å². The number of halogens is 3. The summed E-state index contributed by atoms with van der Waals surface area (Å²) in [6.07, 6.45) is -0.754. The van der Waals surface area contributed by atoms with Gasteiger partial charge in [-0.15, -0.1) is 0 Å². The number of likely N-dealkylation sites (tertiary alicyclic amines) is 1. The first-order valence-corrected chi connectivity index (χ1v) is 13.7. The molecule has 37 heavy (non-hydrogen) atoms. The van der Waals surface area contributed by atoms with Gasteiger partial charge in [0.05, 0.1) is 22.6 Å². The molecule has 1 aliphatic heterocycles. The fraction of sp³-hybridized carbons (Fsp3) is 0.444. The lowest BCUT2D eigenvalue weighted by atomic mass is 10.00. The zero-order valence-corrected chi connectivity index (χ0v) is 22.1. The summed E-state index contributed by atoms with van der Waals surface area (Å²) in [5.41, 5.74) is 0.712. The van der Waals surface area contributed by atoms with Gasteiger partial charge < -0.3 is 19.7 Å². The minimum absolute atomic E-state index is 0.0743. The normalized spacial score (nSPS) is 16.6. The third-order valence-electron chi connectivity index (χ3n) is 6.62. The van der Waals surface area contributed by atoms with Crippen LogP contribution in [-0.4, -0.2) is 45.6 Å². The minimum Gasteiger partial charge on any atom is -0.588 e. The average Bonchev–Trinajstić information content (AvgIpc) is 2.87. The Balaban J connectivity index is 1.80. The molecule has 2 amide bonds. The number of hydrogen-bond donors (Lipinski definition) is 2. The Labute approximate surface area is 220 Å². The number of piperidine rings is 1. The lowest BCUT2D eigenvalue weighted by molar-refractivity contribution is -0.137. The van der Waals surface area contributed by atoms with Crippen LogP contribution in [0.3, 0.4) is 0 Å².